The average Bonchev–Trinajstić information content (AvgIpc) is 3.01. The summed E-state index contributed by atoms with van der Waals surface area (Å²) in [6.45, 7) is 3.67. The lowest BCUT2D eigenvalue weighted by molar-refractivity contribution is -0.134. The van der Waals surface area contributed by atoms with E-state index in [0.717, 1.165) is 42.6 Å². The van der Waals surface area contributed by atoms with Gasteiger partial charge in [0, 0.05) is 13.1 Å². The first-order valence-electron chi connectivity index (χ1n) is 14.7. The standard InChI is InChI=1S/C33H37N3O6/c1-40-29-20-26-22-11-15-36(31(38)21-35-13-3-2-4-14-35)32(26)23-7-5-8-24(17-23)41-16-6-12-34-33(39)27-19-25(9-10-28(27)37)42-30(29)18-22/h5,7-10,17-20,32,37H,2-4,6,11-16,21H2,1H3,(H,34,39). The predicted molar refractivity (Wildman–Crippen MR) is 158 cm³/mol. The van der Waals surface area contributed by atoms with Crippen LogP contribution in [0.1, 0.15) is 58.8 Å². The van der Waals surface area contributed by atoms with Crippen LogP contribution in [0.15, 0.2) is 54.6 Å². The molecule has 9 nitrogen and oxygen atoms in total. The Morgan fingerprint density at radius 1 is 1.02 bits per heavy atom. The molecule has 1 saturated heterocycles. The summed E-state index contributed by atoms with van der Waals surface area (Å²) in [6.07, 6.45) is 4.73. The smallest absolute Gasteiger partial charge is 0.255 e. The highest BCUT2D eigenvalue weighted by Gasteiger charge is 2.34. The Morgan fingerprint density at radius 2 is 1.88 bits per heavy atom. The Labute approximate surface area is 246 Å². The van der Waals surface area contributed by atoms with E-state index in [9.17, 15) is 14.7 Å². The number of benzene rings is 3. The van der Waals surface area contributed by atoms with E-state index in [4.69, 9.17) is 14.2 Å². The predicted octanol–water partition coefficient (Wildman–Crippen LogP) is 4.67. The highest BCUT2D eigenvalue weighted by Crippen LogP contribution is 2.43. The van der Waals surface area contributed by atoms with Gasteiger partial charge < -0.3 is 29.5 Å². The van der Waals surface area contributed by atoms with Gasteiger partial charge >= 0.3 is 0 Å². The van der Waals surface area contributed by atoms with E-state index in [-0.39, 0.29) is 23.3 Å². The molecular formula is C33H37N3O6. The molecule has 2 amide bonds. The summed E-state index contributed by atoms with van der Waals surface area (Å²) in [5.74, 6) is 1.71. The van der Waals surface area contributed by atoms with Gasteiger partial charge in [0.15, 0.2) is 11.5 Å². The van der Waals surface area contributed by atoms with E-state index >= 15 is 0 Å². The lowest BCUT2D eigenvalue weighted by atomic mass is 9.87. The van der Waals surface area contributed by atoms with Crippen LogP contribution in [-0.2, 0) is 11.2 Å². The molecule has 0 aliphatic carbocycles. The maximum atomic E-state index is 13.9. The summed E-state index contributed by atoms with van der Waals surface area (Å²) < 4.78 is 18.1. The number of nitrogens with zero attached hydrogens (tertiary/aromatic N) is 2. The van der Waals surface area contributed by atoms with Crippen LogP contribution in [-0.4, -0.2) is 73.2 Å². The molecule has 9 heteroatoms. The number of hydrogen-bond donors (Lipinski definition) is 2. The van der Waals surface area contributed by atoms with E-state index in [0.29, 0.717) is 62.1 Å². The van der Waals surface area contributed by atoms with Crippen molar-refractivity contribution < 1.29 is 28.9 Å². The van der Waals surface area contributed by atoms with E-state index in [2.05, 4.69) is 10.2 Å². The summed E-state index contributed by atoms with van der Waals surface area (Å²) in [7, 11) is 1.59. The molecular weight excluding hydrogens is 534 g/mol. The van der Waals surface area contributed by atoms with Gasteiger partial charge in [-0.25, -0.2) is 0 Å². The number of hydrogen-bond acceptors (Lipinski definition) is 7. The molecule has 0 aromatic heterocycles. The molecule has 4 aliphatic rings. The van der Waals surface area contributed by atoms with Crippen LogP contribution in [0, 0.1) is 0 Å². The van der Waals surface area contributed by atoms with Crippen LogP contribution in [0.2, 0.25) is 0 Å². The van der Waals surface area contributed by atoms with Crippen molar-refractivity contribution in [2.75, 3.05) is 46.4 Å². The summed E-state index contributed by atoms with van der Waals surface area (Å²) in [6, 6.07) is 16.1. The number of ether oxygens (including phenoxy) is 3. The zero-order valence-electron chi connectivity index (χ0n) is 23.9. The number of piperidine rings is 1. The van der Waals surface area contributed by atoms with Gasteiger partial charge in [0.25, 0.3) is 5.91 Å². The maximum Gasteiger partial charge on any atom is 0.255 e. The summed E-state index contributed by atoms with van der Waals surface area (Å²) in [5, 5.41) is 13.2. The largest absolute Gasteiger partial charge is 0.507 e. The molecule has 0 spiro atoms. The number of rotatable bonds is 3. The van der Waals surface area contributed by atoms with E-state index in [1.807, 2.05) is 41.3 Å². The van der Waals surface area contributed by atoms with Crippen LogP contribution in [0.25, 0.3) is 0 Å². The van der Waals surface area contributed by atoms with Gasteiger partial charge in [-0.2, -0.15) is 0 Å². The van der Waals surface area contributed by atoms with Crippen molar-refractivity contribution >= 4 is 11.8 Å². The first-order chi connectivity index (χ1) is 20.5. The van der Waals surface area contributed by atoms with Gasteiger partial charge in [-0.05, 0) is 97.9 Å². The number of likely N-dealkylation sites (tertiary alicyclic amines) is 1. The highest BCUT2D eigenvalue weighted by atomic mass is 16.5. The molecule has 3 aromatic carbocycles. The summed E-state index contributed by atoms with van der Waals surface area (Å²) in [4.78, 5) is 30.9. The van der Waals surface area contributed by atoms with E-state index in [1.165, 1.54) is 18.6 Å². The third-order valence-electron chi connectivity index (χ3n) is 8.27. The Morgan fingerprint density at radius 3 is 2.71 bits per heavy atom. The summed E-state index contributed by atoms with van der Waals surface area (Å²) >= 11 is 0. The monoisotopic (exact) mass is 571 g/mol. The van der Waals surface area contributed by atoms with Crippen molar-refractivity contribution in [3.05, 3.63) is 76.9 Å². The fourth-order valence-corrected chi connectivity index (χ4v) is 6.12. The minimum atomic E-state index is -0.393. The fraction of sp³-hybridized carbons (Fsp3) is 0.394. The van der Waals surface area contributed by atoms with Crippen molar-refractivity contribution in [3.8, 4) is 28.7 Å². The lowest BCUT2D eigenvalue weighted by Crippen LogP contribution is -2.46. The van der Waals surface area contributed by atoms with Gasteiger partial charge in [0.1, 0.15) is 17.2 Å². The first-order valence-corrected chi connectivity index (χ1v) is 14.7. The van der Waals surface area contributed by atoms with Crippen LogP contribution < -0.4 is 19.5 Å². The molecule has 1 unspecified atom stereocenters. The quantitative estimate of drug-likeness (QED) is 0.472. The van der Waals surface area contributed by atoms with Gasteiger partial charge in [-0.3, -0.25) is 14.5 Å². The molecule has 8 bridgehead atoms. The number of aromatic hydroxyl groups is 1. The molecule has 4 aliphatic heterocycles. The third-order valence-corrected chi connectivity index (χ3v) is 8.27. The van der Waals surface area contributed by atoms with Crippen LogP contribution in [0.5, 0.6) is 28.7 Å². The Bertz CT molecular complexity index is 1470. The average molecular weight is 572 g/mol. The topological polar surface area (TPSA) is 101 Å². The zero-order valence-corrected chi connectivity index (χ0v) is 23.9. The number of phenols is 1. The zero-order chi connectivity index (χ0) is 29.1. The van der Waals surface area contributed by atoms with Gasteiger partial charge in [0.05, 0.1) is 31.9 Å². The molecule has 220 valence electrons. The number of carbonyl (C=O) groups excluding carboxylic acids is 2. The first kappa shape index (κ1) is 27.9. The molecule has 4 heterocycles. The van der Waals surface area contributed by atoms with E-state index in [1.54, 1.807) is 13.2 Å². The van der Waals surface area contributed by atoms with Crippen LogP contribution >= 0.6 is 0 Å². The molecule has 2 N–H and O–H groups in total. The van der Waals surface area contributed by atoms with Crippen molar-refractivity contribution in [1.29, 1.82) is 0 Å². The Hall–Kier alpha value is -4.24. The summed E-state index contributed by atoms with van der Waals surface area (Å²) in [5.41, 5.74) is 3.14. The molecule has 1 atom stereocenters. The SMILES string of the molecule is COc1cc2c3cc1Oc1ccc(O)c(c1)C(=O)NCCCOc1cccc(c1)C2N(C(=O)CN1CCCCC1)CC3. The van der Waals surface area contributed by atoms with E-state index < -0.39 is 5.91 Å². The highest BCUT2D eigenvalue weighted by molar-refractivity contribution is 5.97. The van der Waals surface area contributed by atoms with Crippen LogP contribution in [0.3, 0.4) is 0 Å². The molecule has 7 rings (SSSR count). The maximum absolute atomic E-state index is 13.9. The number of methoxy groups -OCH3 is 1. The minimum Gasteiger partial charge on any atom is -0.507 e. The Balaban J connectivity index is 1.42. The normalized spacial score (nSPS) is 19.1. The molecule has 3 aromatic rings. The Kier molecular flexibility index (Phi) is 8.19. The number of amides is 2. The van der Waals surface area contributed by atoms with Crippen molar-refractivity contribution in [1.82, 2.24) is 15.1 Å². The minimum absolute atomic E-state index is 0.118. The number of phenolic OH excluding ortho intramolecular Hbond substituents is 1. The number of nitrogens with one attached hydrogen (secondary N) is 1. The molecule has 0 radical (unpaired) electrons. The second-order valence-corrected chi connectivity index (χ2v) is 11.1. The van der Waals surface area contributed by atoms with Gasteiger partial charge in [-0.1, -0.05) is 18.6 Å². The second kappa shape index (κ2) is 12.3. The van der Waals surface area contributed by atoms with Crippen molar-refractivity contribution in [2.45, 2.75) is 38.1 Å². The van der Waals surface area contributed by atoms with Crippen LogP contribution in [0.4, 0.5) is 0 Å². The molecule has 1 fully saturated rings. The fourth-order valence-electron chi connectivity index (χ4n) is 6.12. The van der Waals surface area contributed by atoms with Crippen molar-refractivity contribution in [3.63, 3.8) is 0 Å². The number of carbonyl (C=O) groups is 2. The van der Waals surface area contributed by atoms with Gasteiger partial charge in [0.2, 0.25) is 5.91 Å². The third kappa shape index (κ3) is 5.87. The lowest BCUT2D eigenvalue weighted by Gasteiger charge is -2.39. The molecule has 0 saturated carbocycles. The van der Waals surface area contributed by atoms with Crippen molar-refractivity contribution in [2.24, 2.45) is 0 Å². The number of fused-ring (bicyclic) bond motifs is 6. The second-order valence-electron chi connectivity index (χ2n) is 11.1. The van der Waals surface area contributed by atoms with Gasteiger partial charge in [-0.15, -0.1) is 0 Å². The molecule has 42 heavy (non-hydrogen) atoms.